The van der Waals surface area contributed by atoms with Crippen LogP contribution in [0.4, 0.5) is 0 Å². The summed E-state index contributed by atoms with van der Waals surface area (Å²) in [5, 5.41) is 6.84. The number of guanidine groups is 1. The first-order valence-corrected chi connectivity index (χ1v) is 8.33. The molecule has 2 N–H and O–H groups in total. The molecule has 0 saturated carbocycles. The minimum absolute atomic E-state index is 0. The van der Waals surface area contributed by atoms with Crippen LogP contribution in [0, 0.1) is 0 Å². The number of rotatable bonds is 5. The highest BCUT2D eigenvalue weighted by Gasteiger charge is 2.29. The van der Waals surface area contributed by atoms with Crippen molar-refractivity contribution in [1.82, 2.24) is 10.6 Å². The molecule has 1 aromatic carbocycles. The second-order valence-corrected chi connectivity index (χ2v) is 7.17. The lowest BCUT2D eigenvalue weighted by molar-refractivity contribution is 0.584. The second kappa shape index (κ2) is 9.56. The smallest absolute Gasteiger partial charge is 0.191 e. The largest absolute Gasteiger partial charge is 0.356 e. The van der Waals surface area contributed by atoms with Crippen molar-refractivity contribution in [3.05, 3.63) is 35.9 Å². The van der Waals surface area contributed by atoms with Crippen molar-refractivity contribution in [2.45, 2.75) is 30.9 Å². The van der Waals surface area contributed by atoms with Crippen LogP contribution in [0.5, 0.6) is 0 Å². The number of nitrogens with one attached hydrogen (secondary N) is 2. The molecule has 1 unspecified atom stereocenters. The topological polar surface area (TPSA) is 36.4 Å². The first-order chi connectivity index (χ1) is 9.72. The van der Waals surface area contributed by atoms with E-state index in [2.05, 4.69) is 64.6 Å². The zero-order valence-corrected chi connectivity index (χ0v) is 16.0. The fourth-order valence-electron chi connectivity index (χ4n) is 2.44. The quantitative estimate of drug-likeness (QED) is 0.437. The maximum absolute atomic E-state index is 4.30. The van der Waals surface area contributed by atoms with Crippen molar-refractivity contribution >= 4 is 41.7 Å². The Kier molecular flexibility index (Phi) is 8.48. The number of aliphatic imine (C=N–C) groups is 1. The minimum Gasteiger partial charge on any atom is -0.356 e. The second-order valence-electron chi connectivity index (χ2n) is 5.49. The van der Waals surface area contributed by atoms with E-state index in [-0.39, 0.29) is 24.0 Å². The Morgan fingerprint density at radius 1 is 1.29 bits per heavy atom. The Bertz CT molecular complexity index is 430. The predicted molar refractivity (Wildman–Crippen MR) is 105 cm³/mol. The van der Waals surface area contributed by atoms with Crippen LogP contribution >= 0.6 is 35.7 Å². The number of hydrogen-bond donors (Lipinski definition) is 2. The summed E-state index contributed by atoms with van der Waals surface area (Å²) < 4.78 is 0.372. The highest BCUT2D eigenvalue weighted by atomic mass is 127. The van der Waals surface area contributed by atoms with Crippen molar-refractivity contribution in [1.29, 1.82) is 0 Å². The maximum Gasteiger partial charge on any atom is 0.191 e. The number of nitrogens with zero attached hydrogens (tertiary/aromatic N) is 1. The molecule has 0 aromatic heterocycles. The van der Waals surface area contributed by atoms with Crippen LogP contribution < -0.4 is 10.6 Å². The SMILES string of the molecule is CN=C(NCCc1ccccc1)NCC1(C)CCCS1.I. The van der Waals surface area contributed by atoms with E-state index < -0.39 is 0 Å². The third-order valence-corrected chi connectivity index (χ3v) is 5.24. The lowest BCUT2D eigenvalue weighted by Crippen LogP contribution is -2.44. The molecule has 1 heterocycles. The fraction of sp³-hybridized carbons (Fsp3) is 0.562. The van der Waals surface area contributed by atoms with E-state index in [4.69, 9.17) is 0 Å². The van der Waals surface area contributed by atoms with Crippen molar-refractivity contribution in [3.63, 3.8) is 0 Å². The summed E-state index contributed by atoms with van der Waals surface area (Å²) in [7, 11) is 1.84. The molecule has 0 radical (unpaired) electrons. The van der Waals surface area contributed by atoms with Crippen LogP contribution in [-0.4, -0.2) is 36.6 Å². The molecular weight excluding hydrogens is 393 g/mol. The van der Waals surface area contributed by atoms with Gasteiger partial charge in [0.2, 0.25) is 0 Å². The average molecular weight is 419 g/mol. The van der Waals surface area contributed by atoms with Crippen molar-refractivity contribution in [3.8, 4) is 0 Å². The molecule has 1 aliphatic rings. The number of hydrogen-bond acceptors (Lipinski definition) is 2. The van der Waals surface area contributed by atoms with E-state index in [0.717, 1.165) is 25.5 Å². The molecule has 21 heavy (non-hydrogen) atoms. The van der Waals surface area contributed by atoms with Gasteiger partial charge in [0.05, 0.1) is 0 Å². The summed E-state index contributed by atoms with van der Waals surface area (Å²) in [6.07, 6.45) is 3.65. The van der Waals surface area contributed by atoms with Gasteiger partial charge in [-0.2, -0.15) is 11.8 Å². The lowest BCUT2D eigenvalue weighted by atomic mass is 10.1. The zero-order chi connectivity index (χ0) is 14.3. The van der Waals surface area contributed by atoms with E-state index >= 15 is 0 Å². The molecule has 1 atom stereocenters. The molecule has 0 amide bonds. The van der Waals surface area contributed by atoms with Crippen molar-refractivity contribution in [2.24, 2.45) is 4.99 Å². The highest BCUT2D eigenvalue weighted by Crippen LogP contribution is 2.36. The minimum atomic E-state index is 0. The van der Waals surface area contributed by atoms with Gasteiger partial charge in [-0.05, 0) is 37.5 Å². The van der Waals surface area contributed by atoms with Crippen molar-refractivity contribution < 1.29 is 0 Å². The van der Waals surface area contributed by atoms with E-state index in [1.807, 2.05) is 7.05 Å². The first kappa shape index (κ1) is 18.6. The normalized spacial score (nSPS) is 21.7. The molecule has 1 aliphatic heterocycles. The first-order valence-electron chi connectivity index (χ1n) is 7.34. The molecule has 2 rings (SSSR count). The summed E-state index contributed by atoms with van der Waals surface area (Å²) in [6, 6.07) is 10.5. The Morgan fingerprint density at radius 2 is 2.05 bits per heavy atom. The van der Waals surface area contributed by atoms with E-state index in [9.17, 15) is 0 Å². The lowest BCUT2D eigenvalue weighted by Gasteiger charge is -2.24. The third kappa shape index (κ3) is 6.46. The molecular formula is C16H26IN3S. The Labute approximate surface area is 149 Å². The van der Waals surface area contributed by atoms with E-state index in [1.54, 1.807) is 0 Å². The summed E-state index contributed by atoms with van der Waals surface area (Å²) in [4.78, 5) is 4.30. The van der Waals surface area contributed by atoms with Crippen LogP contribution in [0.2, 0.25) is 0 Å². The van der Waals surface area contributed by atoms with Crippen molar-refractivity contribution in [2.75, 3.05) is 25.9 Å². The van der Waals surface area contributed by atoms with Crippen LogP contribution in [0.3, 0.4) is 0 Å². The number of thioether (sulfide) groups is 1. The van der Waals surface area contributed by atoms with Crippen LogP contribution in [0.1, 0.15) is 25.3 Å². The summed E-state index contributed by atoms with van der Waals surface area (Å²) in [5.41, 5.74) is 1.36. The van der Waals surface area contributed by atoms with Gasteiger partial charge in [-0.1, -0.05) is 30.3 Å². The fourth-order valence-corrected chi connectivity index (χ4v) is 3.68. The van der Waals surface area contributed by atoms with Gasteiger partial charge >= 0.3 is 0 Å². The Balaban J connectivity index is 0.00000220. The summed E-state index contributed by atoms with van der Waals surface area (Å²) in [5.74, 6) is 2.20. The van der Waals surface area contributed by atoms with Gasteiger partial charge in [-0.15, -0.1) is 24.0 Å². The Hall–Kier alpha value is -0.430. The van der Waals surface area contributed by atoms with Gasteiger partial charge < -0.3 is 10.6 Å². The highest BCUT2D eigenvalue weighted by molar-refractivity contribution is 14.0. The maximum atomic E-state index is 4.30. The standard InChI is InChI=1S/C16H25N3S.HI/c1-16(10-6-12-20-16)13-19-15(17-2)18-11-9-14-7-4-3-5-8-14;/h3-5,7-8H,6,9-13H2,1-2H3,(H2,17,18,19);1H. The van der Waals surface area contributed by atoms with Gasteiger partial charge in [0, 0.05) is 24.9 Å². The van der Waals surface area contributed by atoms with Crippen LogP contribution in [0.25, 0.3) is 0 Å². The number of halogens is 1. The monoisotopic (exact) mass is 419 g/mol. The Morgan fingerprint density at radius 3 is 2.67 bits per heavy atom. The molecule has 1 saturated heterocycles. The van der Waals surface area contributed by atoms with Gasteiger partial charge in [0.15, 0.2) is 5.96 Å². The van der Waals surface area contributed by atoms with E-state index in [1.165, 1.54) is 24.2 Å². The van der Waals surface area contributed by atoms with Gasteiger partial charge in [-0.3, -0.25) is 4.99 Å². The zero-order valence-electron chi connectivity index (χ0n) is 12.9. The van der Waals surface area contributed by atoms with Gasteiger partial charge in [-0.25, -0.2) is 0 Å². The molecule has 1 fully saturated rings. The third-order valence-electron chi connectivity index (χ3n) is 3.70. The van der Waals surface area contributed by atoms with Crippen LogP contribution in [-0.2, 0) is 6.42 Å². The predicted octanol–water partition coefficient (Wildman–Crippen LogP) is 3.30. The molecule has 5 heteroatoms. The molecule has 0 bridgehead atoms. The van der Waals surface area contributed by atoms with Gasteiger partial charge in [0.25, 0.3) is 0 Å². The molecule has 0 aliphatic carbocycles. The van der Waals surface area contributed by atoms with Crippen LogP contribution in [0.15, 0.2) is 35.3 Å². The molecule has 3 nitrogen and oxygen atoms in total. The molecule has 1 aromatic rings. The van der Waals surface area contributed by atoms with Gasteiger partial charge in [0.1, 0.15) is 0 Å². The average Bonchev–Trinajstić information content (AvgIpc) is 2.91. The summed E-state index contributed by atoms with van der Waals surface area (Å²) in [6.45, 7) is 4.24. The molecule has 0 spiro atoms. The van der Waals surface area contributed by atoms with E-state index in [0.29, 0.717) is 4.75 Å². The number of benzene rings is 1. The summed E-state index contributed by atoms with van der Waals surface area (Å²) >= 11 is 2.07. The molecule has 118 valence electrons.